The first-order valence-corrected chi connectivity index (χ1v) is 11.5. The summed E-state index contributed by atoms with van der Waals surface area (Å²) in [5.74, 6) is -46.7. The third-order valence-corrected chi connectivity index (χ3v) is 5.50. The van der Waals surface area contributed by atoms with Crippen LogP contribution in [0.4, 0.5) is 66.3 Å². The summed E-state index contributed by atoms with van der Waals surface area (Å²) >= 11 is 0. The van der Waals surface area contributed by atoms with E-state index in [-0.39, 0.29) is 6.61 Å². The number of halogens is 14. The third-order valence-electron chi connectivity index (χ3n) is 3.93. The van der Waals surface area contributed by atoms with E-state index in [0.717, 1.165) is 0 Å². The van der Waals surface area contributed by atoms with Crippen molar-refractivity contribution in [2.75, 3.05) is 13.2 Å². The van der Waals surface area contributed by atoms with E-state index in [2.05, 4.69) is 4.74 Å². The summed E-state index contributed by atoms with van der Waals surface area (Å²) in [7, 11) is -1.96. The van der Waals surface area contributed by atoms with E-state index in [1.807, 2.05) is 0 Å². The first-order valence-electron chi connectivity index (χ1n) is 8.55. The lowest BCUT2D eigenvalue weighted by atomic mass is 9.91. The van der Waals surface area contributed by atoms with E-state index >= 15 is 0 Å². The molecule has 0 spiro atoms. The first-order chi connectivity index (χ1) is 14.5. The van der Waals surface area contributed by atoms with Gasteiger partial charge in [0.2, 0.25) is 0 Å². The molecule has 0 aliphatic rings. The summed E-state index contributed by atoms with van der Waals surface area (Å²) in [6.07, 6.45) is -7.76. The Morgan fingerprint density at radius 3 is 1.61 bits per heavy atom. The molecule has 0 aromatic carbocycles. The lowest BCUT2D eigenvalue weighted by molar-refractivity contribution is -0.433. The minimum absolute atomic E-state index is 0.0525. The van der Waals surface area contributed by atoms with Crippen molar-refractivity contribution < 1.29 is 75.7 Å². The van der Waals surface area contributed by atoms with Crippen molar-refractivity contribution in [3.8, 4) is 0 Å². The van der Waals surface area contributed by atoms with Gasteiger partial charge in [-0.3, -0.25) is 5.32 Å². The molecule has 0 radical (unpaired) electrons. The maximum absolute atomic E-state index is 13.6. The highest BCUT2D eigenvalue weighted by Crippen LogP contribution is 2.60. The normalized spacial score (nSPS) is 15.7. The topological polar surface area (TPSA) is 47.6 Å². The van der Waals surface area contributed by atoms with Crippen LogP contribution in [0.5, 0.6) is 0 Å². The molecule has 0 saturated carbocycles. The number of hydrogen-bond donors (Lipinski definition) is 1. The Bertz CT molecular complexity index is 674. The number of carbonyl (C=O) groups excluding carboxylic acids is 1. The van der Waals surface area contributed by atoms with Gasteiger partial charge in [0.15, 0.2) is 6.61 Å². The summed E-state index contributed by atoms with van der Waals surface area (Å²) in [5.41, 5.74) is 0. The molecule has 0 bridgehead atoms. The summed E-state index contributed by atoms with van der Waals surface area (Å²) < 4.78 is 192. The van der Waals surface area contributed by atoms with E-state index in [1.165, 1.54) is 20.0 Å². The molecular formula is C14H17F14NO3Si. The van der Waals surface area contributed by atoms with Crippen molar-refractivity contribution in [3.63, 3.8) is 0 Å². The van der Waals surface area contributed by atoms with Gasteiger partial charge in [0.1, 0.15) is 5.85 Å². The van der Waals surface area contributed by atoms with Crippen LogP contribution in [0.25, 0.3) is 0 Å². The molecule has 0 aromatic rings. The zero-order chi connectivity index (χ0) is 26.8. The van der Waals surface area contributed by atoms with Crippen molar-refractivity contribution in [1.82, 2.24) is 5.32 Å². The molecule has 19 heteroatoms. The number of ether oxygens (including phenoxy) is 2. The predicted octanol–water partition coefficient (Wildman–Crippen LogP) is 5.18. The van der Waals surface area contributed by atoms with Crippen molar-refractivity contribution in [2.24, 2.45) is 0 Å². The standard InChI is InChI=1S/C14H17F14NO3Si/c1-4-31-8(33(2)3)29-7(30)32-5-9(17,18)11(21,22)13(25,26)14(27,28)12(23,24)10(19,20)6(15)16/h6,8,33H,4-5H2,1-3H3,(H,29,30). The molecule has 0 aliphatic carbocycles. The Balaban J connectivity index is 5.87. The van der Waals surface area contributed by atoms with Crippen LogP contribution in [0.2, 0.25) is 13.1 Å². The Morgan fingerprint density at radius 1 is 0.818 bits per heavy atom. The van der Waals surface area contributed by atoms with Crippen molar-refractivity contribution in [3.05, 3.63) is 0 Å². The van der Waals surface area contributed by atoms with Crippen LogP contribution in [0.1, 0.15) is 6.92 Å². The van der Waals surface area contributed by atoms with Crippen LogP contribution in [0, 0.1) is 0 Å². The summed E-state index contributed by atoms with van der Waals surface area (Å²) in [5, 5.41) is 1.73. The van der Waals surface area contributed by atoms with E-state index in [0.29, 0.717) is 0 Å². The average molecular weight is 541 g/mol. The molecule has 0 fully saturated rings. The largest absolute Gasteiger partial charge is 0.443 e. The molecule has 1 amide bonds. The van der Waals surface area contributed by atoms with Crippen LogP contribution in [-0.4, -0.2) is 75.9 Å². The van der Waals surface area contributed by atoms with Gasteiger partial charge in [0.05, 0.1) is 8.80 Å². The van der Waals surface area contributed by atoms with Gasteiger partial charge in [0.25, 0.3) is 0 Å². The smallest absolute Gasteiger partial charge is 0.409 e. The minimum atomic E-state index is -8.13. The van der Waals surface area contributed by atoms with Gasteiger partial charge in [-0.05, 0) is 6.92 Å². The van der Waals surface area contributed by atoms with Crippen molar-refractivity contribution in [2.45, 2.75) is 67.8 Å². The summed E-state index contributed by atoms with van der Waals surface area (Å²) in [4.78, 5) is 11.4. The Labute approximate surface area is 178 Å². The number of alkyl halides is 14. The number of rotatable bonds is 12. The van der Waals surface area contributed by atoms with Crippen LogP contribution in [0.3, 0.4) is 0 Å². The van der Waals surface area contributed by atoms with Crippen LogP contribution < -0.4 is 5.32 Å². The van der Waals surface area contributed by atoms with Gasteiger partial charge in [-0.1, -0.05) is 13.1 Å². The molecule has 1 unspecified atom stereocenters. The number of carbonyl (C=O) groups is 1. The molecule has 1 N–H and O–H groups in total. The second kappa shape index (κ2) is 9.99. The van der Waals surface area contributed by atoms with E-state index in [1.54, 1.807) is 5.32 Å². The molecule has 4 nitrogen and oxygen atoms in total. The SMILES string of the molecule is CCOC(NC(=O)OCC(F)(F)C(F)(F)C(F)(F)C(F)(F)C(F)(F)C(F)(F)C(F)F)[SiH](C)C. The number of nitrogens with one attached hydrogen (secondary N) is 1. The van der Waals surface area contributed by atoms with Crippen molar-refractivity contribution >= 4 is 14.9 Å². The van der Waals surface area contributed by atoms with Gasteiger partial charge < -0.3 is 9.47 Å². The van der Waals surface area contributed by atoms with Crippen molar-refractivity contribution in [1.29, 1.82) is 0 Å². The molecule has 198 valence electrons. The molecule has 1 atom stereocenters. The average Bonchev–Trinajstić information content (AvgIpc) is 2.64. The fourth-order valence-electron chi connectivity index (χ4n) is 1.96. The molecule has 0 aromatic heterocycles. The Hall–Kier alpha value is -1.53. The highest BCUT2D eigenvalue weighted by molar-refractivity contribution is 6.57. The van der Waals surface area contributed by atoms with Gasteiger partial charge in [-0.15, -0.1) is 0 Å². The predicted molar refractivity (Wildman–Crippen MR) is 84.5 cm³/mol. The van der Waals surface area contributed by atoms with E-state index < -0.39 is 69.3 Å². The van der Waals surface area contributed by atoms with Crippen LogP contribution in [0.15, 0.2) is 0 Å². The van der Waals surface area contributed by atoms with Gasteiger partial charge in [0, 0.05) is 6.61 Å². The molecule has 0 aliphatic heterocycles. The first kappa shape index (κ1) is 31.5. The zero-order valence-corrected chi connectivity index (χ0v) is 17.8. The molecule has 0 rings (SSSR count). The fourth-order valence-corrected chi connectivity index (χ4v) is 3.00. The third kappa shape index (κ3) is 5.59. The Kier molecular flexibility index (Phi) is 9.52. The maximum Gasteiger partial charge on any atom is 0.409 e. The minimum Gasteiger partial charge on any atom is -0.443 e. The summed E-state index contributed by atoms with van der Waals surface area (Å²) in [6, 6.07) is 0. The lowest BCUT2D eigenvalue weighted by Crippen LogP contribution is -2.72. The fraction of sp³-hybridized carbons (Fsp3) is 0.929. The summed E-state index contributed by atoms with van der Waals surface area (Å²) in [6.45, 7) is 1.31. The monoisotopic (exact) mass is 541 g/mol. The van der Waals surface area contributed by atoms with Gasteiger partial charge in [-0.25, -0.2) is 13.6 Å². The number of alkyl carbamates (subject to hydrolysis) is 1. The zero-order valence-electron chi connectivity index (χ0n) is 16.7. The Morgan fingerprint density at radius 2 is 1.24 bits per heavy atom. The highest BCUT2D eigenvalue weighted by Gasteiger charge is 2.91. The number of hydrogen-bond acceptors (Lipinski definition) is 3. The second-order valence-electron chi connectivity index (χ2n) is 6.77. The van der Waals surface area contributed by atoms with Gasteiger partial charge in [-0.2, -0.15) is 52.7 Å². The molecule has 33 heavy (non-hydrogen) atoms. The van der Waals surface area contributed by atoms with Crippen LogP contribution in [-0.2, 0) is 9.47 Å². The lowest BCUT2D eigenvalue weighted by Gasteiger charge is -2.40. The number of amides is 1. The van der Waals surface area contributed by atoms with Gasteiger partial charge >= 0.3 is 48.1 Å². The van der Waals surface area contributed by atoms with E-state index in [4.69, 9.17) is 4.74 Å². The van der Waals surface area contributed by atoms with Crippen LogP contribution >= 0.6 is 0 Å². The highest BCUT2D eigenvalue weighted by atomic mass is 28.3. The molecular weight excluding hydrogens is 524 g/mol. The molecule has 0 heterocycles. The quantitative estimate of drug-likeness (QED) is 0.211. The van der Waals surface area contributed by atoms with E-state index in [9.17, 15) is 66.3 Å². The molecule has 0 saturated heterocycles. The second-order valence-corrected chi connectivity index (χ2v) is 9.86. The maximum atomic E-state index is 13.6.